The molecule has 2 N–H and O–H groups in total. The van der Waals surface area contributed by atoms with Gasteiger partial charge >= 0.3 is 0 Å². The van der Waals surface area contributed by atoms with Gasteiger partial charge in [-0.2, -0.15) is 0 Å². The van der Waals surface area contributed by atoms with Crippen molar-refractivity contribution in [1.29, 1.82) is 0 Å². The summed E-state index contributed by atoms with van der Waals surface area (Å²) in [5, 5.41) is 3.12. The summed E-state index contributed by atoms with van der Waals surface area (Å²) in [6.45, 7) is 3.67. The first-order chi connectivity index (χ1) is 13.8. The molecule has 1 aromatic heterocycles. The lowest BCUT2D eigenvalue weighted by molar-refractivity contribution is -0.126. The Morgan fingerprint density at radius 2 is 1.82 bits per heavy atom. The number of likely N-dealkylation sites (tertiary alicyclic amines) is 1. The van der Waals surface area contributed by atoms with Gasteiger partial charge in [-0.25, -0.2) is 4.98 Å². The molecule has 1 fully saturated rings. The van der Waals surface area contributed by atoms with Gasteiger partial charge in [-0.3, -0.25) is 9.69 Å². The maximum absolute atomic E-state index is 12.5. The fourth-order valence-corrected chi connectivity index (χ4v) is 3.93. The molecule has 28 heavy (non-hydrogen) atoms. The predicted octanol–water partition coefficient (Wildman–Crippen LogP) is 3.52. The number of fused-ring (bicyclic) bond motifs is 1. The molecule has 5 heteroatoms. The number of carbonyl (C=O) groups is 1. The quantitative estimate of drug-likeness (QED) is 0.620. The first-order valence-corrected chi connectivity index (χ1v) is 10.3. The van der Waals surface area contributed by atoms with Crippen LogP contribution in [0.25, 0.3) is 11.0 Å². The highest BCUT2D eigenvalue weighted by Crippen LogP contribution is 2.19. The monoisotopic (exact) mass is 376 g/mol. The van der Waals surface area contributed by atoms with Gasteiger partial charge in [-0.1, -0.05) is 42.5 Å². The van der Waals surface area contributed by atoms with Gasteiger partial charge in [0.2, 0.25) is 5.91 Å². The highest BCUT2D eigenvalue weighted by molar-refractivity contribution is 5.78. The van der Waals surface area contributed by atoms with Crippen molar-refractivity contribution in [3.63, 3.8) is 0 Å². The molecule has 146 valence electrons. The molecule has 1 saturated heterocycles. The topological polar surface area (TPSA) is 61.0 Å². The molecule has 1 amide bonds. The third kappa shape index (κ3) is 4.78. The number of piperidine rings is 1. The number of aryl methyl sites for hydroxylation is 1. The third-order valence-corrected chi connectivity index (χ3v) is 5.54. The van der Waals surface area contributed by atoms with E-state index >= 15 is 0 Å². The Labute approximate surface area is 166 Å². The van der Waals surface area contributed by atoms with Gasteiger partial charge in [0, 0.05) is 25.4 Å². The number of para-hydroxylation sites is 2. The average molecular weight is 377 g/mol. The molecule has 1 aliphatic rings. The molecule has 0 saturated carbocycles. The standard InChI is InChI=1S/C23H28N4O/c28-23(19-12-15-27(16-13-19)17-18-7-2-1-3-8-18)24-14-6-11-22-25-20-9-4-5-10-21(20)26-22/h1-5,7-10,19H,6,11-17H2,(H,24,28)(H,25,26). The van der Waals surface area contributed by atoms with E-state index in [9.17, 15) is 4.79 Å². The first kappa shape index (κ1) is 18.7. The number of H-pyrrole nitrogens is 1. The van der Waals surface area contributed by atoms with Crippen LogP contribution in [0.3, 0.4) is 0 Å². The Morgan fingerprint density at radius 3 is 2.61 bits per heavy atom. The zero-order chi connectivity index (χ0) is 19.2. The van der Waals surface area contributed by atoms with Gasteiger partial charge in [0.05, 0.1) is 11.0 Å². The molecular weight excluding hydrogens is 348 g/mol. The van der Waals surface area contributed by atoms with E-state index in [1.807, 2.05) is 30.3 Å². The minimum Gasteiger partial charge on any atom is -0.356 e. The predicted molar refractivity (Wildman–Crippen MR) is 112 cm³/mol. The Hall–Kier alpha value is -2.66. The number of aromatic amines is 1. The summed E-state index contributed by atoms with van der Waals surface area (Å²) >= 11 is 0. The van der Waals surface area contributed by atoms with Crippen molar-refractivity contribution < 1.29 is 4.79 Å². The van der Waals surface area contributed by atoms with E-state index in [0.717, 1.165) is 62.2 Å². The molecule has 0 aliphatic carbocycles. The number of carbonyl (C=O) groups excluding carboxylic acids is 1. The lowest BCUT2D eigenvalue weighted by Crippen LogP contribution is -2.40. The van der Waals surface area contributed by atoms with Gasteiger partial charge in [0.25, 0.3) is 0 Å². The average Bonchev–Trinajstić information content (AvgIpc) is 3.15. The zero-order valence-corrected chi connectivity index (χ0v) is 16.2. The van der Waals surface area contributed by atoms with E-state index in [2.05, 4.69) is 44.5 Å². The number of hydrogen-bond donors (Lipinski definition) is 2. The summed E-state index contributed by atoms with van der Waals surface area (Å²) in [6.07, 6.45) is 3.65. The van der Waals surface area contributed by atoms with Crippen LogP contribution in [0, 0.1) is 5.92 Å². The Morgan fingerprint density at radius 1 is 1.07 bits per heavy atom. The van der Waals surface area contributed by atoms with Crippen molar-refractivity contribution in [3.8, 4) is 0 Å². The molecule has 0 unspecified atom stereocenters. The van der Waals surface area contributed by atoms with Crippen molar-refractivity contribution in [2.24, 2.45) is 5.92 Å². The van der Waals surface area contributed by atoms with Crippen LogP contribution in [-0.2, 0) is 17.8 Å². The molecule has 0 atom stereocenters. The molecule has 1 aliphatic heterocycles. The SMILES string of the molecule is O=C(NCCCc1nc2ccccc2[nH]1)C1CCN(Cc2ccccc2)CC1. The minimum absolute atomic E-state index is 0.151. The van der Waals surface area contributed by atoms with E-state index in [1.54, 1.807) is 0 Å². The second-order valence-electron chi connectivity index (χ2n) is 7.63. The third-order valence-electron chi connectivity index (χ3n) is 5.54. The summed E-state index contributed by atoms with van der Waals surface area (Å²) in [4.78, 5) is 22.8. The van der Waals surface area contributed by atoms with Crippen molar-refractivity contribution >= 4 is 16.9 Å². The van der Waals surface area contributed by atoms with Crippen molar-refractivity contribution in [2.75, 3.05) is 19.6 Å². The summed E-state index contributed by atoms with van der Waals surface area (Å²) < 4.78 is 0. The van der Waals surface area contributed by atoms with Crippen LogP contribution in [0.1, 0.15) is 30.7 Å². The second-order valence-corrected chi connectivity index (χ2v) is 7.63. The smallest absolute Gasteiger partial charge is 0.223 e. The fraction of sp³-hybridized carbons (Fsp3) is 0.391. The van der Waals surface area contributed by atoms with Gasteiger partial charge < -0.3 is 10.3 Å². The molecule has 0 spiro atoms. The van der Waals surface area contributed by atoms with Gasteiger partial charge in [-0.15, -0.1) is 0 Å². The molecule has 4 rings (SSSR count). The van der Waals surface area contributed by atoms with Crippen molar-refractivity contribution in [2.45, 2.75) is 32.2 Å². The highest BCUT2D eigenvalue weighted by Gasteiger charge is 2.24. The molecule has 5 nitrogen and oxygen atoms in total. The maximum Gasteiger partial charge on any atom is 0.223 e. The van der Waals surface area contributed by atoms with Crippen LogP contribution in [0.4, 0.5) is 0 Å². The van der Waals surface area contributed by atoms with Crippen molar-refractivity contribution in [1.82, 2.24) is 20.2 Å². The summed E-state index contributed by atoms with van der Waals surface area (Å²) in [6, 6.07) is 18.6. The first-order valence-electron chi connectivity index (χ1n) is 10.3. The number of rotatable bonds is 7. The number of aromatic nitrogens is 2. The zero-order valence-electron chi connectivity index (χ0n) is 16.2. The molecule has 0 bridgehead atoms. The number of amides is 1. The van der Waals surface area contributed by atoms with E-state index in [0.29, 0.717) is 6.54 Å². The van der Waals surface area contributed by atoms with Crippen LogP contribution >= 0.6 is 0 Å². The van der Waals surface area contributed by atoms with Crippen molar-refractivity contribution in [3.05, 3.63) is 66.0 Å². The fourth-order valence-electron chi connectivity index (χ4n) is 3.93. The van der Waals surface area contributed by atoms with Crippen LogP contribution in [0.5, 0.6) is 0 Å². The summed E-state index contributed by atoms with van der Waals surface area (Å²) in [5.41, 5.74) is 3.42. The number of nitrogens with zero attached hydrogens (tertiary/aromatic N) is 2. The minimum atomic E-state index is 0.151. The number of benzene rings is 2. The lowest BCUT2D eigenvalue weighted by Gasteiger charge is -2.31. The van der Waals surface area contributed by atoms with Gasteiger partial charge in [0.15, 0.2) is 0 Å². The van der Waals surface area contributed by atoms with Gasteiger partial charge in [-0.05, 0) is 50.0 Å². The van der Waals surface area contributed by atoms with Crippen LogP contribution in [0.2, 0.25) is 0 Å². The second kappa shape index (κ2) is 9.02. The molecule has 2 aromatic carbocycles. The lowest BCUT2D eigenvalue weighted by atomic mass is 9.95. The van der Waals surface area contributed by atoms with Crippen LogP contribution in [-0.4, -0.2) is 40.4 Å². The van der Waals surface area contributed by atoms with Crippen LogP contribution < -0.4 is 5.32 Å². The molecule has 3 aromatic rings. The Balaban J connectivity index is 1.15. The number of hydrogen-bond acceptors (Lipinski definition) is 3. The number of nitrogens with one attached hydrogen (secondary N) is 2. The summed E-state index contributed by atoms with van der Waals surface area (Å²) in [7, 11) is 0. The molecule has 0 radical (unpaired) electrons. The largest absolute Gasteiger partial charge is 0.356 e. The van der Waals surface area contributed by atoms with E-state index in [1.165, 1.54) is 5.56 Å². The Kier molecular flexibility index (Phi) is 6.02. The number of imidazole rings is 1. The highest BCUT2D eigenvalue weighted by atomic mass is 16.1. The van der Waals surface area contributed by atoms with Gasteiger partial charge in [0.1, 0.15) is 5.82 Å². The normalized spacial score (nSPS) is 15.7. The molecular formula is C23H28N4O. The summed E-state index contributed by atoms with van der Waals surface area (Å²) in [5.74, 6) is 1.35. The van der Waals surface area contributed by atoms with E-state index in [-0.39, 0.29) is 11.8 Å². The van der Waals surface area contributed by atoms with E-state index in [4.69, 9.17) is 0 Å². The molecule has 2 heterocycles. The Bertz CT molecular complexity index is 864. The van der Waals surface area contributed by atoms with Crippen LogP contribution in [0.15, 0.2) is 54.6 Å². The maximum atomic E-state index is 12.5. The van der Waals surface area contributed by atoms with E-state index < -0.39 is 0 Å².